The van der Waals surface area contributed by atoms with E-state index < -0.39 is 0 Å². The van der Waals surface area contributed by atoms with Gasteiger partial charge in [0.1, 0.15) is 11.8 Å². The SMILES string of the molecule is COc1ccc(Cn2nnnc2[C@H](c2cc3ccc(C)cc3[nH]c2=O)N2CCC[C@@H](C)C2)cc1. The number of aryl methyl sites for hydroxylation is 1. The summed E-state index contributed by atoms with van der Waals surface area (Å²) in [6.45, 7) is 6.59. The third kappa shape index (κ3) is 4.46. The summed E-state index contributed by atoms with van der Waals surface area (Å²) in [5.41, 5.74) is 3.60. The number of benzene rings is 2. The van der Waals surface area contributed by atoms with Crippen molar-refractivity contribution < 1.29 is 4.74 Å². The first-order valence-electron chi connectivity index (χ1n) is 11.8. The van der Waals surface area contributed by atoms with Gasteiger partial charge in [0.2, 0.25) is 0 Å². The maximum absolute atomic E-state index is 13.4. The number of aromatic amines is 1. The van der Waals surface area contributed by atoms with Crippen LogP contribution in [0.4, 0.5) is 0 Å². The van der Waals surface area contributed by atoms with Crippen molar-refractivity contribution >= 4 is 10.9 Å². The van der Waals surface area contributed by atoms with Crippen LogP contribution in [-0.2, 0) is 6.54 Å². The summed E-state index contributed by atoms with van der Waals surface area (Å²) in [5, 5.41) is 13.8. The number of likely N-dealkylation sites (tertiary alicyclic amines) is 1. The maximum Gasteiger partial charge on any atom is 0.253 e. The number of aromatic nitrogens is 5. The largest absolute Gasteiger partial charge is 0.497 e. The first-order chi connectivity index (χ1) is 16.5. The molecule has 8 heteroatoms. The highest BCUT2D eigenvalue weighted by molar-refractivity contribution is 5.79. The van der Waals surface area contributed by atoms with E-state index in [1.165, 1.54) is 6.42 Å². The average molecular weight is 459 g/mol. The van der Waals surface area contributed by atoms with Crippen LogP contribution in [0.25, 0.3) is 10.9 Å². The van der Waals surface area contributed by atoms with Gasteiger partial charge in [0.15, 0.2) is 5.82 Å². The Morgan fingerprint density at radius 2 is 2.00 bits per heavy atom. The normalized spacial score (nSPS) is 17.7. The van der Waals surface area contributed by atoms with E-state index in [9.17, 15) is 4.79 Å². The first-order valence-corrected chi connectivity index (χ1v) is 11.8. The van der Waals surface area contributed by atoms with Crippen molar-refractivity contribution in [1.29, 1.82) is 0 Å². The lowest BCUT2D eigenvalue weighted by atomic mass is 9.95. The molecule has 1 fully saturated rings. The van der Waals surface area contributed by atoms with Crippen molar-refractivity contribution in [3.05, 3.63) is 81.4 Å². The molecule has 0 saturated carbocycles. The third-order valence-electron chi connectivity index (χ3n) is 6.67. The van der Waals surface area contributed by atoms with Gasteiger partial charge in [-0.05, 0) is 83.4 Å². The minimum Gasteiger partial charge on any atom is -0.497 e. The summed E-state index contributed by atoms with van der Waals surface area (Å²) in [6.07, 6.45) is 2.27. The second-order valence-corrected chi connectivity index (χ2v) is 9.33. The zero-order valence-electron chi connectivity index (χ0n) is 19.9. The van der Waals surface area contributed by atoms with Crippen LogP contribution in [0.1, 0.15) is 48.3 Å². The van der Waals surface area contributed by atoms with Crippen molar-refractivity contribution in [3.63, 3.8) is 0 Å². The predicted octanol–water partition coefficient (Wildman–Crippen LogP) is 3.70. The van der Waals surface area contributed by atoms with Gasteiger partial charge in [-0.3, -0.25) is 9.69 Å². The monoisotopic (exact) mass is 458 g/mol. The lowest BCUT2D eigenvalue weighted by Gasteiger charge is -2.36. The average Bonchev–Trinajstić information content (AvgIpc) is 3.28. The Morgan fingerprint density at radius 1 is 1.18 bits per heavy atom. The van der Waals surface area contributed by atoms with Gasteiger partial charge in [-0.2, -0.15) is 0 Å². The Morgan fingerprint density at radius 3 is 2.76 bits per heavy atom. The molecule has 1 saturated heterocycles. The van der Waals surface area contributed by atoms with Crippen LogP contribution < -0.4 is 10.3 Å². The molecular formula is C26H30N6O2. The molecule has 0 aliphatic carbocycles. The molecule has 1 N–H and O–H groups in total. The second kappa shape index (κ2) is 9.38. The predicted molar refractivity (Wildman–Crippen MR) is 131 cm³/mol. The van der Waals surface area contributed by atoms with Crippen LogP contribution >= 0.6 is 0 Å². The van der Waals surface area contributed by atoms with Gasteiger partial charge in [-0.15, -0.1) is 5.10 Å². The number of rotatable bonds is 6. The Balaban J connectivity index is 1.59. The zero-order chi connectivity index (χ0) is 23.7. The van der Waals surface area contributed by atoms with Gasteiger partial charge >= 0.3 is 0 Å². The number of ether oxygens (including phenoxy) is 1. The number of hydrogen-bond donors (Lipinski definition) is 1. The number of piperidine rings is 1. The van der Waals surface area contributed by atoms with Gasteiger partial charge in [-0.25, -0.2) is 4.68 Å². The lowest BCUT2D eigenvalue weighted by Crippen LogP contribution is -2.41. The van der Waals surface area contributed by atoms with E-state index in [0.717, 1.165) is 47.3 Å². The molecule has 0 amide bonds. The molecule has 3 heterocycles. The number of fused-ring (bicyclic) bond motifs is 1. The Hall–Kier alpha value is -3.52. The zero-order valence-corrected chi connectivity index (χ0v) is 19.9. The van der Waals surface area contributed by atoms with E-state index in [2.05, 4.69) is 44.5 Å². The first kappa shape index (κ1) is 22.3. The highest BCUT2D eigenvalue weighted by Crippen LogP contribution is 2.31. The van der Waals surface area contributed by atoms with Crippen LogP contribution in [-0.4, -0.2) is 50.3 Å². The molecule has 2 atom stereocenters. The lowest BCUT2D eigenvalue weighted by molar-refractivity contribution is 0.141. The molecule has 176 valence electrons. The molecular weight excluding hydrogens is 428 g/mol. The van der Waals surface area contributed by atoms with Crippen LogP contribution in [0.5, 0.6) is 5.75 Å². The molecule has 5 rings (SSSR count). The Labute approximate surface area is 198 Å². The van der Waals surface area contributed by atoms with Crippen molar-refractivity contribution in [2.45, 2.75) is 39.3 Å². The number of hydrogen-bond acceptors (Lipinski definition) is 6. The molecule has 0 bridgehead atoms. The van der Waals surface area contributed by atoms with Crippen LogP contribution in [0.2, 0.25) is 0 Å². The van der Waals surface area contributed by atoms with Gasteiger partial charge < -0.3 is 9.72 Å². The molecule has 0 unspecified atom stereocenters. The van der Waals surface area contributed by atoms with E-state index in [-0.39, 0.29) is 11.6 Å². The molecule has 0 spiro atoms. The summed E-state index contributed by atoms with van der Waals surface area (Å²) in [5.74, 6) is 2.03. The summed E-state index contributed by atoms with van der Waals surface area (Å²) in [6, 6.07) is 15.7. The number of nitrogens with zero attached hydrogens (tertiary/aromatic N) is 5. The van der Waals surface area contributed by atoms with Crippen molar-refractivity contribution in [3.8, 4) is 5.75 Å². The van der Waals surface area contributed by atoms with E-state index in [1.54, 1.807) is 7.11 Å². The summed E-state index contributed by atoms with van der Waals surface area (Å²) >= 11 is 0. The number of methoxy groups -OCH3 is 1. The molecule has 34 heavy (non-hydrogen) atoms. The number of tetrazole rings is 1. The number of H-pyrrole nitrogens is 1. The van der Waals surface area contributed by atoms with Gasteiger partial charge in [0.25, 0.3) is 5.56 Å². The number of nitrogens with one attached hydrogen (secondary N) is 1. The summed E-state index contributed by atoms with van der Waals surface area (Å²) in [4.78, 5) is 18.8. The minimum atomic E-state index is -0.328. The van der Waals surface area contributed by atoms with Crippen molar-refractivity contribution in [1.82, 2.24) is 30.1 Å². The molecule has 8 nitrogen and oxygen atoms in total. The molecule has 1 aliphatic heterocycles. The second-order valence-electron chi connectivity index (χ2n) is 9.33. The number of pyridine rings is 1. The fourth-order valence-corrected chi connectivity index (χ4v) is 4.92. The fourth-order valence-electron chi connectivity index (χ4n) is 4.92. The van der Waals surface area contributed by atoms with E-state index in [0.29, 0.717) is 23.9 Å². The highest BCUT2D eigenvalue weighted by Gasteiger charge is 2.32. The topological polar surface area (TPSA) is 88.9 Å². The Bertz CT molecular complexity index is 1340. The minimum absolute atomic E-state index is 0.0969. The molecule has 2 aromatic carbocycles. The maximum atomic E-state index is 13.4. The smallest absolute Gasteiger partial charge is 0.253 e. The standard InChI is InChI=1S/C26H30N6O2/c1-17-6-9-20-14-22(26(33)27-23(20)13-17)24(31-12-4-5-18(2)15-31)25-28-29-30-32(25)16-19-7-10-21(34-3)11-8-19/h6-11,13-14,18,24H,4-5,12,15-16H2,1-3H3,(H,27,33)/t18-,24+/m1/s1. The van der Waals surface area contributed by atoms with E-state index >= 15 is 0 Å². The molecule has 4 aromatic rings. The molecule has 1 aliphatic rings. The van der Waals surface area contributed by atoms with Gasteiger partial charge in [0, 0.05) is 17.6 Å². The fraction of sp³-hybridized carbons (Fsp3) is 0.385. The van der Waals surface area contributed by atoms with Gasteiger partial charge in [0.05, 0.1) is 13.7 Å². The van der Waals surface area contributed by atoms with Crippen molar-refractivity contribution in [2.24, 2.45) is 5.92 Å². The quantitative estimate of drug-likeness (QED) is 0.474. The molecule has 2 aromatic heterocycles. The van der Waals surface area contributed by atoms with Crippen LogP contribution in [0.15, 0.2) is 53.3 Å². The third-order valence-corrected chi connectivity index (χ3v) is 6.67. The summed E-state index contributed by atoms with van der Waals surface area (Å²) in [7, 11) is 1.65. The van der Waals surface area contributed by atoms with E-state index in [4.69, 9.17) is 4.74 Å². The molecule has 0 radical (unpaired) electrons. The van der Waals surface area contributed by atoms with E-state index in [1.807, 2.05) is 48.0 Å². The van der Waals surface area contributed by atoms with Crippen LogP contribution in [0, 0.1) is 12.8 Å². The van der Waals surface area contributed by atoms with Crippen LogP contribution in [0.3, 0.4) is 0 Å². The van der Waals surface area contributed by atoms with Crippen molar-refractivity contribution in [2.75, 3.05) is 20.2 Å². The Kier molecular flexibility index (Phi) is 6.15. The van der Waals surface area contributed by atoms with Gasteiger partial charge in [-0.1, -0.05) is 31.2 Å². The highest BCUT2D eigenvalue weighted by atomic mass is 16.5. The summed E-state index contributed by atoms with van der Waals surface area (Å²) < 4.78 is 7.09.